The number of primary amides is 1. The number of piperazine rings is 1. The highest BCUT2D eigenvalue weighted by Gasteiger charge is 2.23. The molecule has 4 aromatic rings. The first-order valence-electron chi connectivity index (χ1n) is 14.0. The van der Waals surface area contributed by atoms with Crippen LogP contribution in [0.3, 0.4) is 0 Å². The lowest BCUT2D eigenvalue weighted by molar-refractivity contribution is -0.117. The minimum atomic E-state index is -0.863. The van der Waals surface area contributed by atoms with Gasteiger partial charge in [0.05, 0.1) is 29.5 Å². The first-order chi connectivity index (χ1) is 20.3. The number of likely N-dealkylation sites (tertiary alicyclic amines) is 1. The van der Waals surface area contributed by atoms with Crippen LogP contribution in [0.15, 0.2) is 42.6 Å². The highest BCUT2D eigenvalue weighted by molar-refractivity contribution is 6.05. The Kier molecular flexibility index (Phi) is 7.56. The van der Waals surface area contributed by atoms with Crippen molar-refractivity contribution in [2.45, 2.75) is 12.8 Å². The summed E-state index contributed by atoms with van der Waals surface area (Å²) in [5.41, 5.74) is 8.15. The molecule has 0 radical (unpaired) electrons. The molecule has 2 aromatic carbocycles. The number of anilines is 2. The van der Waals surface area contributed by atoms with E-state index in [1.165, 1.54) is 12.3 Å². The van der Waals surface area contributed by atoms with Gasteiger partial charge in [0.25, 0.3) is 0 Å². The molecule has 218 valence electrons. The van der Waals surface area contributed by atoms with E-state index >= 15 is 8.78 Å². The standard InChI is InChI=1S/C30H32F2N8O2/c1-38-8-10-40(11-9-38)19-4-5-20(30(33)42)21(14-19)29-22-15-25(34-16-26(22)36-37-29)28-23(31)12-18(13-24(28)32)35-27(41)17-39-6-2-3-7-39/h4-5,12-16H,2-3,6-11,17H2,1H3,(H2,33,42)(H,35,41)(H,36,37). The second-order valence-corrected chi connectivity index (χ2v) is 10.9. The van der Waals surface area contributed by atoms with Crippen molar-refractivity contribution in [2.75, 3.05) is 63.1 Å². The van der Waals surface area contributed by atoms with Crippen molar-refractivity contribution in [3.63, 3.8) is 0 Å². The van der Waals surface area contributed by atoms with Crippen molar-refractivity contribution in [3.05, 3.63) is 59.8 Å². The van der Waals surface area contributed by atoms with Gasteiger partial charge in [-0.15, -0.1) is 0 Å². The van der Waals surface area contributed by atoms with Gasteiger partial charge >= 0.3 is 0 Å². The third-order valence-corrected chi connectivity index (χ3v) is 7.99. The van der Waals surface area contributed by atoms with E-state index in [0.29, 0.717) is 22.2 Å². The number of hydrogen-bond acceptors (Lipinski definition) is 7. The maximum atomic E-state index is 15.3. The van der Waals surface area contributed by atoms with Crippen LogP contribution in [0.1, 0.15) is 23.2 Å². The number of aromatic nitrogens is 3. The van der Waals surface area contributed by atoms with Crippen molar-refractivity contribution in [1.29, 1.82) is 0 Å². The molecule has 4 N–H and O–H groups in total. The normalized spacial score (nSPS) is 16.3. The monoisotopic (exact) mass is 574 g/mol. The Balaban J connectivity index is 1.33. The fourth-order valence-electron chi connectivity index (χ4n) is 5.70. The molecule has 0 unspecified atom stereocenters. The molecule has 4 heterocycles. The summed E-state index contributed by atoms with van der Waals surface area (Å²) in [6.45, 7) is 5.32. The number of hydrogen-bond donors (Lipinski definition) is 3. The van der Waals surface area contributed by atoms with Gasteiger partial charge in [0.1, 0.15) is 17.3 Å². The smallest absolute Gasteiger partial charge is 0.249 e. The van der Waals surface area contributed by atoms with E-state index in [2.05, 4.69) is 37.3 Å². The molecule has 2 fully saturated rings. The van der Waals surface area contributed by atoms with Gasteiger partial charge in [-0.3, -0.25) is 24.6 Å². The largest absolute Gasteiger partial charge is 0.369 e. The van der Waals surface area contributed by atoms with Crippen molar-refractivity contribution < 1.29 is 18.4 Å². The zero-order valence-corrected chi connectivity index (χ0v) is 23.3. The van der Waals surface area contributed by atoms with Crippen LogP contribution in [-0.2, 0) is 4.79 Å². The quantitative estimate of drug-likeness (QED) is 0.309. The number of amides is 2. The van der Waals surface area contributed by atoms with Gasteiger partial charge in [0.2, 0.25) is 11.8 Å². The van der Waals surface area contributed by atoms with E-state index in [0.717, 1.165) is 69.9 Å². The lowest BCUT2D eigenvalue weighted by Gasteiger charge is -2.34. The molecule has 10 nitrogen and oxygen atoms in total. The minimum absolute atomic E-state index is 0.0369. The molecule has 0 bridgehead atoms. The predicted molar refractivity (Wildman–Crippen MR) is 157 cm³/mol. The number of nitrogens with two attached hydrogens (primary N) is 1. The highest BCUT2D eigenvalue weighted by atomic mass is 19.1. The molecule has 2 amide bonds. The topological polar surface area (TPSA) is 123 Å². The summed E-state index contributed by atoms with van der Waals surface area (Å²) >= 11 is 0. The Bertz CT molecular complexity index is 1640. The molecule has 0 aliphatic carbocycles. The molecule has 0 saturated carbocycles. The summed E-state index contributed by atoms with van der Waals surface area (Å²) in [7, 11) is 2.07. The van der Waals surface area contributed by atoms with E-state index in [4.69, 9.17) is 5.73 Å². The third-order valence-electron chi connectivity index (χ3n) is 7.99. The predicted octanol–water partition coefficient (Wildman–Crippen LogP) is 3.46. The lowest BCUT2D eigenvalue weighted by Crippen LogP contribution is -2.44. The molecule has 2 aliphatic rings. The summed E-state index contributed by atoms with van der Waals surface area (Å²) in [5, 5.41) is 10.5. The number of nitrogens with one attached hydrogen (secondary N) is 2. The summed E-state index contributed by atoms with van der Waals surface area (Å²) < 4.78 is 30.6. The molecule has 42 heavy (non-hydrogen) atoms. The molecule has 12 heteroatoms. The van der Waals surface area contributed by atoms with Gasteiger partial charge < -0.3 is 20.9 Å². The van der Waals surface area contributed by atoms with E-state index in [-0.39, 0.29) is 35.0 Å². The van der Waals surface area contributed by atoms with Crippen LogP contribution in [0.25, 0.3) is 33.4 Å². The summed E-state index contributed by atoms with van der Waals surface area (Å²) in [6.07, 6.45) is 3.51. The number of nitrogens with zero attached hydrogens (tertiary/aromatic N) is 5. The Labute approximate surface area is 241 Å². The average Bonchev–Trinajstić information content (AvgIpc) is 3.62. The fourth-order valence-corrected chi connectivity index (χ4v) is 5.70. The molecule has 0 spiro atoms. The zero-order valence-electron chi connectivity index (χ0n) is 23.3. The summed E-state index contributed by atoms with van der Waals surface area (Å²) in [4.78, 5) is 35.5. The molecule has 2 aliphatic heterocycles. The number of rotatable bonds is 7. The number of aromatic amines is 1. The van der Waals surface area contributed by atoms with E-state index in [1.54, 1.807) is 6.07 Å². The minimum Gasteiger partial charge on any atom is -0.369 e. The lowest BCUT2D eigenvalue weighted by atomic mass is 9.99. The van der Waals surface area contributed by atoms with Crippen molar-refractivity contribution in [3.8, 4) is 22.5 Å². The third kappa shape index (κ3) is 5.55. The highest BCUT2D eigenvalue weighted by Crippen LogP contribution is 2.35. The summed E-state index contributed by atoms with van der Waals surface area (Å²) in [5.74, 6) is -2.66. The average molecular weight is 575 g/mol. The van der Waals surface area contributed by atoms with E-state index in [9.17, 15) is 9.59 Å². The van der Waals surface area contributed by atoms with Gasteiger partial charge in [0, 0.05) is 54.1 Å². The zero-order chi connectivity index (χ0) is 29.4. The van der Waals surface area contributed by atoms with Gasteiger partial charge in [-0.05, 0) is 69.4 Å². The number of halogens is 2. The number of carbonyl (C=O) groups excluding carboxylic acids is 2. The van der Waals surface area contributed by atoms with Gasteiger partial charge in [-0.1, -0.05) is 0 Å². The summed E-state index contributed by atoms with van der Waals surface area (Å²) in [6, 6.07) is 9.15. The Hall–Kier alpha value is -4.42. The first kappa shape index (κ1) is 27.7. The van der Waals surface area contributed by atoms with Gasteiger partial charge in [-0.2, -0.15) is 5.10 Å². The maximum absolute atomic E-state index is 15.3. The number of likely N-dealkylation sites (N-methyl/N-ethyl adjacent to an activating group) is 1. The molecular weight excluding hydrogens is 542 g/mol. The SMILES string of the molecule is CN1CCN(c2ccc(C(N)=O)c(-c3n[nH]c4cnc(-c5c(F)cc(NC(=O)CN6CCCC6)cc5F)cc34)c2)CC1. The van der Waals surface area contributed by atoms with Crippen molar-refractivity contribution in [1.82, 2.24) is 25.0 Å². The number of fused-ring (bicyclic) bond motifs is 1. The molecule has 6 rings (SSSR count). The maximum Gasteiger partial charge on any atom is 0.249 e. The van der Waals surface area contributed by atoms with Crippen LogP contribution in [0.4, 0.5) is 20.2 Å². The number of benzene rings is 2. The van der Waals surface area contributed by atoms with Crippen LogP contribution >= 0.6 is 0 Å². The van der Waals surface area contributed by atoms with Crippen LogP contribution in [0, 0.1) is 11.6 Å². The number of pyridine rings is 1. The number of carbonyl (C=O) groups is 2. The van der Waals surface area contributed by atoms with Crippen LogP contribution in [0.5, 0.6) is 0 Å². The molecule has 2 saturated heterocycles. The fraction of sp³-hybridized carbons (Fsp3) is 0.333. The van der Waals surface area contributed by atoms with Gasteiger partial charge in [-0.25, -0.2) is 8.78 Å². The second-order valence-electron chi connectivity index (χ2n) is 10.9. The van der Waals surface area contributed by atoms with Crippen LogP contribution in [0.2, 0.25) is 0 Å². The molecule has 0 atom stereocenters. The molecular formula is C30H32F2N8O2. The van der Waals surface area contributed by atoms with Crippen LogP contribution < -0.4 is 16.0 Å². The van der Waals surface area contributed by atoms with Crippen LogP contribution in [-0.4, -0.2) is 89.7 Å². The Morgan fingerprint density at radius 1 is 1.00 bits per heavy atom. The van der Waals surface area contributed by atoms with Gasteiger partial charge in [0.15, 0.2) is 0 Å². The first-order valence-corrected chi connectivity index (χ1v) is 14.0. The van der Waals surface area contributed by atoms with E-state index in [1.807, 2.05) is 17.0 Å². The second kappa shape index (κ2) is 11.5. The Morgan fingerprint density at radius 3 is 2.40 bits per heavy atom. The molecule has 2 aromatic heterocycles. The Morgan fingerprint density at radius 2 is 1.71 bits per heavy atom. The van der Waals surface area contributed by atoms with Crippen molar-refractivity contribution in [2.24, 2.45) is 5.73 Å². The van der Waals surface area contributed by atoms with E-state index < -0.39 is 17.5 Å². The number of H-pyrrole nitrogens is 1. The van der Waals surface area contributed by atoms with Crippen molar-refractivity contribution >= 4 is 34.1 Å².